The molecular formula is C18H18O2. The van der Waals surface area contributed by atoms with Crippen molar-refractivity contribution in [2.75, 3.05) is 0 Å². The van der Waals surface area contributed by atoms with E-state index in [1.54, 1.807) is 0 Å². The van der Waals surface area contributed by atoms with Crippen molar-refractivity contribution in [3.63, 3.8) is 0 Å². The van der Waals surface area contributed by atoms with E-state index < -0.39 is 11.9 Å². The smallest absolute Gasteiger partial charge is 0.311 e. The second kappa shape index (κ2) is 3.63. The van der Waals surface area contributed by atoms with Gasteiger partial charge in [0.1, 0.15) is 0 Å². The molecule has 102 valence electrons. The van der Waals surface area contributed by atoms with Crippen LogP contribution >= 0.6 is 0 Å². The fourth-order valence-electron chi connectivity index (χ4n) is 4.81. The standard InChI is InChI=1S/C18H18O2/c1-10-4-3-5-13-14-7-6-12-9-18(14,8-11(12)2)16(15(10)13)17(19)20/h3-5,7,12,16H,2,6,8-9H2,1H3,(H,19,20). The molecule has 2 bridgehead atoms. The number of aryl methyl sites for hydroxylation is 1. The Bertz CT molecular complexity index is 683. The number of carboxylic acids is 1. The number of hydrogen-bond acceptors (Lipinski definition) is 1. The average Bonchev–Trinajstić information content (AvgIpc) is 2.82. The van der Waals surface area contributed by atoms with Gasteiger partial charge in [-0.25, -0.2) is 0 Å². The van der Waals surface area contributed by atoms with Crippen LogP contribution in [0, 0.1) is 18.3 Å². The first-order valence-electron chi connectivity index (χ1n) is 7.25. The molecule has 3 aliphatic carbocycles. The maximum atomic E-state index is 12.0. The highest BCUT2D eigenvalue weighted by Gasteiger charge is 2.59. The van der Waals surface area contributed by atoms with Crippen LogP contribution in [0.3, 0.4) is 0 Å². The lowest BCUT2D eigenvalue weighted by Crippen LogP contribution is -2.29. The van der Waals surface area contributed by atoms with Gasteiger partial charge in [-0.15, -0.1) is 0 Å². The lowest BCUT2D eigenvalue weighted by Gasteiger charge is -2.33. The van der Waals surface area contributed by atoms with Crippen molar-refractivity contribution in [3.05, 3.63) is 53.1 Å². The van der Waals surface area contributed by atoms with Gasteiger partial charge in [0.25, 0.3) is 0 Å². The average molecular weight is 266 g/mol. The molecule has 3 unspecified atom stereocenters. The molecule has 1 aromatic rings. The van der Waals surface area contributed by atoms with Crippen LogP contribution in [-0.2, 0) is 4.79 Å². The van der Waals surface area contributed by atoms with Crippen molar-refractivity contribution in [1.82, 2.24) is 0 Å². The molecule has 4 rings (SSSR count). The van der Waals surface area contributed by atoms with Crippen molar-refractivity contribution >= 4 is 11.5 Å². The molecule has 1 fully saturated rings. The van der Waals surface area contributed by atoms with Crippen molar-refractivity contribution in [1.29, 1.82) is 0 Å². The topological polar surface area (TPSA) is 37.3 Å². The van der Waals surface area contributed by atoms with E-state index in [0.29, 0.717) is 5.92 Å². The maximum Gasteiger partial charge on any atom is 0.311 e. The maximum absolute atomic E-state index is 12.0. The zero-order chi connectivity index (χ0) is 14.1. The number of rotatable bonds is 1. The fourth-order valence-corrected chi connectivity index (χ4v) is 4.81. The van der Waals surface area contributed by atoms with E-state index in [9.17, 15) is 9.90 Å². The monoisotopic (exact) mass is 266 g/mol. The SMILES string of the molecule is C=C1CC23CC1CC=C2c1cccc(C)c1C3C(=O)O. The zero-order valence-electron chi connectivity index (χ0n) is 11.6. The molecular weight excluding hydrogens is 248 g/mol. The van der Waals surface area contributed by atoms with E-state index in [-0.39, 0.29) is 5.41 Å². The van der Waals surface area contributed by atoms with Crippen molar-refractivity contribution in [2.45, 2.75) is 32.1 Å². The molecule has 0 saturated heterocycles. The van der Waals surface area contributed by atoms with Gasteiger partial charge in [-0.2, -0.15) is 0 Å². The highest BCUT2D eigenvalue weighted by molar-refractivity contribution is 5.93. The predicted molar refractivity (Wildman–Crippen MR) is 78.4 cm³/mol. The van der Waals surface area contributed by atoms with Crippen LogP contribution in [0.1, 0.15) is 41.9 Å². The molecule has 2 heteroatoms. The van der Waals surface area contributed by atoms with Gasteiger partial charge in [0, 0.05) is 5.41 Å². The molecule has 2 nitrogen and oxygen atoms in total. The van der Waals surface area contributed by atoms with Crippen molar-refractivity contribution in [2.24, 2.45) is 11.3 Å². The van der Waals surface area contributed by atoms with E-state index in [4.69, 9.17) is 0 Å². The minimum atomic E-state index is -0.681. The number of allylic oxidation sites excluding steroid dienone is 3. The number of carbonyl (C=O) groups is 1. The van der Waals surface area contributed by atoms with Gasteiger partial charge < -0.3 is 5.11 Å². The quantitative estimate of drug-likeness (QED) is 0.782. The van der Waals surface area contributed by atoms with Crippen LogP contribution in [0.2, 0.25) is 0 Å². The Morgan fingerprint density at radius 2 is 2.25 bits per heavy atom. The molecule has 0 aromatic heterocycles. The van der Waals surface area contributed by atoms with E-state index in [0.717, 1.165) is 30.4 Å². The fraction of sp³-hybridized carbons (Fsp3) is 0.389. The summed E-state index contributed by atoms with van der Waals surface area (Å²) >= 11 is 0. The Morgan fingerprint density at radius 1 is 1.45 bits per heavy atom. The third kappa shape index (κ3) is 1.22. The van der Waals surface area contributed by atoms with Gasteiger partial charge in [-0.1, -0.05) is 36.4 Å². The summed E-state index contributed by atoms with van der Waals surface area (Å²) in [6.07, 6.45) is 5.11. The van der Waals surface area contributed by atoms with Gasteiger partial charge in [-0.3, -0.25) is 4.79 Å². The zero-order valence-corrected chi connectivity index (χ0v) is 11.6. The number of hydrogen-bond donors (Lipinski definition) is 1. The van der Waals surface area contributed by atoms with Crippen LogP contribution < -0.4 is 0 Å². The van der Waals surface area contributed by atoms with Gasteiger partial charge in [0.2, 0.25) is 0 Å². The van der Waals surface area contributed by atoms with Gasteiger partial charge in [0.05, 0.1) is 5.92 Å². The molecule has 0 radical (unpaired) electrons. The molecule has 3 atom stereocenters. The summed E-state index contributed by atoms with van der Waals surface area (Å²) in [7, 11) is 0. The summed E-state index contributed by atoms with van der Waals surface area (Å²) in [5.41, 5.74) is 5.62. The molecule has 1 spiro atoms. The van der Waals surface area contributed by atoms with E-state index in [1.165, 1.54) is 16.7 Å². The minimum Gasteiger partial charge on any atom is -0.481 e. The predicted octanol–water partition coefficient (Wildman–Crippen LogP) is 3.92. The molecule has 0 aliphatic heterocycles. The van der Waals surface area contributed by atoms with Gasteiger partial charge >= 0.3 is 5.97 Å². The highest BCUT2D eigenvalue weighted by atomic mass is 16.4. The second-order valence-corrected chi connectivity index (χ2v) is 6.55. The lowest BCUT2D eigenvalue weighted by molar-refractivity contribution is -0.141. The lowest BCUT2D eigenvalue weighted by atomic mass is 9.69. The van der Waals surface area contributed by atoms with Crippen LogP contribution in [0.5, 0.6) is 0 Å². The molecule has 0 heterocycles. The molecule has 20 heavy (non-hydrogen) atoms. The third-order valence-electron chi connectivity index (χ3n) is 5.58. The minimum absolute atomic E-state index is 0.222. The first-order chi connectivity index (χ1) is 9.54. The van der Waals surface area contributed by atoms with E-state index >= 15 is 0 Å². The van der Waals surface area contributed by atoms with Crippen molar-refractivity contribution < 1.29 is 9.90 Å². The number of benzene rings is 1. The summed E-state index contributed by atoms with van der Waals surface area (Å²) in [6, 6.07) is 6.17. The first-order valence-corrected chi connectivity index (χ1v) is 7.25. The molecule has 1 N–H and O–H groups in total. The molecule has 0 amide bonds. The van der Waals surface area contributed by atoms with Gasteiger partial charge in [-0.05, 0) is 54.4 Å². The first kappa shape index (κ1) is 12.0. The summed E-state index contributed by atoms with van der Waals surface area (Å²) in [5.74, 6) is -0.596. The Labute approximate surface area is 118 Å². The summed E-state index contributed by atoms with van der Waals surface area (Å²) in [5, 5.41) is 9.87. The number of carboxylic acid groups (broad SMARTS) is 1. The Hall–Kier alpha value is -1.83. The third-order valence-corrected chi connectivity index (χ3v) is 5.58. The summed E-state index contributed by atoms with van der Waals surface area (Å²) in [4.78, 5) is 12.0. The summed E-state index contributed by atoms with van der Waals surface area (Å²) in [6.45, 7) is 6.24. The van der Waals surface area contributed by atoms with Crippen LogP contribution in [0.15, 0.2) is 36.4 Å². The highest BCUT2D eigenvalue weighted by Crippen LogP contribution is 2.68. The van der Waals surface area contributed by atoms with E-state index in [1.807, 2.05) is 19.1 Å². The Balaban J connectivity index is 2.03. The Kier molecular flexibility index (Phi) is 2.17. The largest absolute Gasteiger partial charge is 0.481 e. The number of fused-ring (bicyclic) bond motifs is 3. The molecule has 1 aromatic carbocycles. The van der Waals surface area contributed by atoms with Crippen LogP contribution in [0.25, 0.3) is 5.57 Å². The Morgan fingerprint density at radius 3 is 3.00 bits per heavy atom. The van der Waals surface area contributed by atoms with E-state index in [2.05, 4.69) is 18.7 Å². The van der Waals surface area contributed by atoms with Crippen LogP contribution in [0.4, 0.5) is 0 Å². The second-order valence-electron chi connectivity index (χ2n) is 6.55. The normalized spacial score (nSPS) is 33.6. The summed E-state index contributed by atoms with van der Waals surface area (Å²) < 4.78 is 0. The molecule has 1 saturated carbocycles. The van der Waals surface area contributed by atoms with Crippen LogP contribution in [-0.4, -0.2) is 11.1 Å². The molecule has 3 aliphatic rings. The van der Waals surface area contributed by atoms with Gasteiger partial charge in [0.15, 0.2) is 0 Å². The van der Waals surface area contributed by atoms with Crippen molar-refractivity contribution in [3.8, 4) is 0 Å². The number of aliphatic carboxylic acids is 1.